The van der Waals surface area contributed by atoms with Crippen LogP contribution in [0.25, 0.3) is 0 Å². The van der Waals surface area contributed by atoms with E-state index < -0.39 is 23.6 Å². The van der Waals surface area contributed by atoms with Gasteiger partial charge in [-0.3, -0.25) is 4.79 Å². The van der Waals surface area contributed by atoms with Crippen LogP contribution in [0.4, 0.5) is 8.78 Å². The summed E-state index contributed by atoms with van der Waals surface area (Å²) in [6, 6.07) is 0. The molecule has 1 N–H and O–H groups in total. The van der Waals surface area contributed by atoms with E-state index in [-0.39, 0.29) is 5.89 Å². The Labute approximate surface area is 78.6 Å². The molecule has 0 aliphatic heterocycles. The number of carbonyl (C=O) groups is 1. The van der Waals surface area contributed by atoms with Gasteiger partial charge in [-0.25, -0.2) is 4.98 Å². The summed E-state index contributed by atoms with van der Waals surface area (Å²) in [5.41, 5.74) is 0. The lowest BCUT2D eigenvalue weighted by Crippen LogP contribution is -2.08. The van der Waals surface area contributed by atoms with E-state index in [2.05, 4.69) is 9.40 Å². The Morgan fingerprint density at radius 2 is 2.29 bits per heavy atom. The number of hydrogen-bond acceptors (Lipinski definition) is 3. The lowest BCUT2D eigenvalue weighted by atomic mass is 10.2. The highest BCUT2D eigenvalue weighted by Gasteiger charge is 2.31. The third-order valence-corrected chi connectivity index (χ3v) is 1.70. The summed E-state index contributed by atoms with van der Waals surface area (Å²) in [4.78, 5) is 13.9. The monoisotopic (exact) mass is 205 g/mol. The van der Waals surface area contributed by atoms with E-state index in [9.17, 15) is 13.6 Å². The van der Waals surface area contributed by atoms with Crippen molar-refractivity contribution in [3.05, 3.63) is 17.8 Å². The minimum Gasteiger partial charge on any atom is -0.481 e. The minimum atomic E-state index is -3.14. The first-order chi connectivity index (χ1) is 6.32. The number of carboxylic acid groups (broad SMARTS) is 1. The van der Waals surface area contributed by atoms with E-state index in [4.69, 9.17) is 5.11 Å². The van der Waals surface area contributed by atoms with Crippen molar-refractivity contribution in [1.82, 2.24) is 4.98 Å². The lowest BCUT2D eigenvalue weighted by Gasteiger charge is -2.04. The normalized spacial score (nSPS) is 14.0. The molecule has 14 heavy (non-hydrogen) atoms. The van der Waals surface area contributed by atoms with E-state index in [0.717, 1.165) is 6.20 Å². The van der Waals surface area contributed by atoms with E-state index in [0.29, 0.717) is 6.92 Å². The van der Waals surface area contributed by atoms with Crippen molar-refractivity contribution in [2.45, 2.75) is 25.7 Å². The fraction of sp³-hybridized carbons (Fsp3) is 0.500. The van der Waals surface area contributed by atoms with E-state index in [1.54, 1.807) is 0 Å². The van der Waals surface area contributed by atoms with Crippen molar-refractivity contribution in [3.63, 3.8) is 0 Å². The Kier molecular flexibility index (Phi) is 2.55. The van der Waals surface area contributed by atoms with Crippen LogP contribution in [0.5, 0.6) is 0 Å². The summed E-state index contributed by atoms with van der Waals surface area (Å²) in [6.45, 7) is 1.97. The van der Waals surface area contributed by atoms with E-state index >= 15 is 0 Å². The van der Waals surface area contributed by atoms with Crippen molar-refractivity contribution < 1.29 is 23.1 Å². The van der Waals surface area contributed by atoms with Gasteiger partial charge in [0.1, 0.15) is 5.92 Å². The first-order valence-corrected chi connectivity index (χ1v) is 3.89. The van der Waals surface area contributed by atoms with Gasteiger partial charge in [0.15, 0.2) is 5.76 Å². The highest BCUT2D eigenvalue weighted by atomic mass is 19.3. The molecule has 6 heteroatoms. The van der Waals surface area contributed by atoms with Crippen molar-refractivity contribution in [2.24, 2.45) is 0 Å². The quantitative estimate of drug-likeness (QED) is 0.819. The summed E-state index contributed by atoms with van der Waals surface area (Å²) in [5, 5.41) is 8.56. The van der Waals surface area contributed by atoms with E-state index in [1.165, 1.54) is 6.92 Å². The zero-order chi connectivity index (χ0) is 10.9. The van der Waals surface area contributed by atoms with Crippen LogP contribution in [0.3, 0.4) is 0 Å². The minimum absolute atomic E-state index is 0.214. The van der Waals surface area contributed by atoms with Crippen molar-refractivity contribution in [1.29, 1.82) is 0 Å². The van der Waals surface area contributed by atoms with Crippen LogP contribution in [0.2, 0.25) is 0 Å². The van der Waals surface area contributed by atoms with Crippen molar-refractivity contribution >= 4 is 5.97 Å². The highest BCUT2D eigenvalue weighted by Crippen LogP contribution is 2.29. The molecule has 1 atom stereocenters. The predicted molar refractivity (Wildman–Crippen MR) is 42.1 cm³/mol. The number of aliphatic carboxylic acids is 1. The van der Waals surface area contributed by atoms with Crippen LogP contribution in [-0.4, -0.2) is 16.1 Å². The first kappa shape index (κ1) is 10.6. The van der Waals surface area contributed by atoms with Crippen LogP contribution < -0.4 is 0 Å². The third-order valence-electron chi connectivity index (χ3n) is 1.70. The molecule has 1 unspecified atom stereocenters. The predicted octanol–water partition coefficient (Wildman–Crippen LogP) is 1.97. The van der Waals surface area contributed by atoms with Gasteiger partial charge in [-0.15, -0.1) is 0 Å². The standard InChI is InChI=1S/C8H9F2NO3/c1-4(7(12)13)6-11-3-5(14-6)8(2,9)10/h3-4H,1-2H3,(H,12,13). The molecule has 1 aromatic rings. The number of alkyl halides is 2. The molecule has 0 spiro atoms. The smallest absolute Gasteiger partial charge is 0.315 e. The lowest BCUT2D eigenvalue weighted by molar-refractivity contribution is -0.138. The molecule has 0 aromatic carbocycles. The van der Waals surface area contributed by atoms with E-state index in [1.807, 2.05) is 0 Å². The van der Waals surface area contributed by atoms with Crippen LogP contribution in [0, 0.1) is 0 Å². The van der Waals surface area contributed by atoms with Crippen molar-refractivity contribution in [2.75, 3.05) is 0 Å². The molecule has 1 heterocycles. The Balaban J connectivity index is 2.94. The van der Waals surface area contributed by atoms with Gasteiger partial charge in [0.2, 0.25) is 5.89 Å². The Morgan fingerprint density at radius 3 is 2.64 bits per heavy atom. The van der Waals surface area contributed by atoms with Crippen LogP contribution in [-0.2, 0) is 10.7 Å². The molecule has 0 saturated heterocycles. The van der Waals surface area contributed by atoms with Gasteiger partial charge in [0.05, 0.1) is 6.20 Å². The Bertz CT molecular complexity index is 343. The Hall–Kier alpha value is -1.46. The maximum atomic E-state index is 12.7. The third kappa shape index (κ3) is 2.07. The van der Waals surface area contributed by atoms with Gasteiger partial charge in [-0.05, 0) is 6.92 Å². The number of aromatic nitrogens is 1. The maximum absolute atomic E-state index is 12.7. The van der Waals surface area contributed by atoms with Gasteiger partial charge in [0.25, 0.3) is 0 Å². The summed E-state index contributed by atoms with van der Waals surface area (Å²) in [5.74, 6) is -6.16. The molecular formula is C8H9F2NO3. The second-order valence-corrected chi connectivity index (χ2v) is 3.01. The SMILES string of the molecule is CC(C(=O)O)c1ncc(C(C)(F)F)o1. The fourth-order valence-corrected chi connectivity index (χ4v) is 0.796. The second kappa shape index (κ2) is 3.36. The van der Waals surface area contributed by atoms with Crippen LogP contribution >= 0.6 is 0 Å². The average molecular weight is 205 g/mol. The molecule has 4 nitrogen and oxygen atoms in total. The van der Waals surface area contributed by atoms with Crippen LogP contribution in [0.1, 0.15) is 31.4 Å². The molecule has 78 valence electrons. The molecule has 0 saturated carbocycles. The van der Waals surface area contributed by atoms with Gasteiger partial charge < -0.3 is 9.52 Å². The van der Waals surface area contributed by atoms with Crippen LogP contribution in [0.15, 0.2) is 10.6 Å². The molecule has 0 aliphatic carbocycles. The molecule has 0 radical (unpaired) electrons. The number of rotatable bonds is 3. The molecular weight excluding hydrogens is 196 g/mol. The summed E-state index contributed by atoms with van der Waals surface area (Å²) in [7, 11) is 0. The molecule has 1 rings (SSSR count). The summed E-state index contributed by atoms with van der Waals surface area (Å²) in [6.07, 6.45) is 0.842. The zero-order valence-corrected chi connectivity index (χ0v) is 7.62. The van der Waals surface area contributed by atoms with Gasteiger partial charge in [-0.1, -0.05) is 0 Å². The number of oxazole rings is 1. The highest BCUT2D eigenvalue weighted by molar-refractivity contribution is 5.73. The largest absolute Gasteiger partial charge is 0.481 e. The summed E-state index contributed by atoms with van der Waals surface area (Å²) < 4.78 is 29.9. The maximum Gasteiger partial charge on any atom is 0.315 e. The number of halogens is 2. The topological polar surface area (TPSA) is 63.3 Å². The van der Waals surface area contributed by atoms with Gasteiger partial charge in [0, 0.05) is 6.92 Å². The molecule has 0 aliphatic rings. The van der Waals surface area contributed by atoms with Gasteiger partial charge >= 0.3 is 11.9 Å². The average Bonchev–Trinajstić information content (AvgIpc) is 2.49. The van der Waals surface area contributed by atoms with Crippen molar-refractivity contribution in [3.8, 4) is 0 Å². The zero-order valence-electron chi connectivity index (χ0n) is 7.62. The van der Waals surface area contributed by atoms with Gasteiger partial charge in [-0.2, -0.15) is 8.78 Å². The second-order valence-electron chi connectivity index (χ2n) is 3.01. The Morgan fingerprint density at radius 1 is 1.71 bits per heavy atom. The molecule has 0 bridgehead atoms. The molecule has 1 aromatic heterocycles. The number of carboxylic acids is 1. The summed E-state index contributed by atoms with van der Waals surface area (Å²) >= 11 is 0. The molecule has 0 amide bonds. The molecule has 0 fully saturated rings. The fourth-order valence-electron chi connectivity index (χ4n) is 0.796. The number of hydrogen-bond donors (Lipinski definition) is 1. The number of nitrogens with zero attached hydrogens (tertiary/aromatic N) is 1. The first-order valence-electron chi connectivity index (χ1n) is 3.89.